The third kappa shape index (κ3) is 3.03. The van der Waals surface area contributed by atoms with Crippen molar-refractivity contribution in [1.82, 2.24) is 20.2 Å². The fourth-order valence-corrected chi connectivity index (χ4v) is 2.24. The summed E-state index contributed by atoms with van der Waals surface area (Å²) in [6, 6.07) is 12.1. The second-order valence-corrected chi connectivity index (χ2v) is 5.18. The van der Waals surface area contributed by atoms with Gasteiger partial charge in [-0.05, 0) is 47.2 Å². The van der Waals surface area contributed by atoms with Gasteiger partial charge >= 0.3 is 0 Å². The first-order chi connectivity index (χ1) is 11.0. The molecule has 0 unspecified atom stereocenters. The molecule has 0 atom stereocenters. The fraction of sp³-hybridized carbons (Fsp3) is 0.125. The number of aryl methyl sites for hydroxylation is 2. The Morgan fingerprint density at radius 3 is 2.74 bits per heavy atom. The standard InChI is InChI=1S/C16H15N5O2/c1-10-6-7-13(14(22)8-10)16(23)17-12-5-3-4-11(9-12)15-18-19-20-21(15)2/h3-9,22H,1-2H3,(H,17,23). The number of aromatic hydroxyl groups is 1. The molecule has 0 aliphatic rings. The number of tetrazole rings is 1. The molecule has 3 rings (SSSR count). The Morgan fingerprint density at radius 2 is 2.04 bits per heavy atom. The number of phenols is 1. The number of hydrogen-bond acceptors (Lipinski definition) is 5. The van der Waals surface area contributed by atoms with Crippen LogP contribution >= 0.6 is 0 Å². The summed E-state index contributed by atoms with van der Waals surface area (Å²) in [4.78, 5) is 12.3. The number of rotatable bonds is 3. The van der Waals surface area contributed by atoms with Gasteiger partial charge < -0.3 is 10.4 Å². The van der Waals surface area contributed by atoms with Crippen molar-refractivity contribution in [3.05, 3.63) is 53.6 Å². The minimum Gasteiger partial charge on any atom is -0.507 e. The number of hydrogen-bond donors (Lipinski definition) is 2. The van der Waals surface area contributed by atoms with Gasteiger partial charge in [-0.15, -0.1) is 5.10 Å². The van der Waals surface area contributed by atoms with Crippen molar-refractivity contribution in [2.45, 2.75) is 6.92 Å². The number of amides is 1. The predicted molar refractivity (Wildman–Crippen MR) is 85.0 cm³/mol. The van der Waals surface area contributed by atoms with Crippen molar-refractivity contribution >= 4 is 11.6 Å². The van der Waals surface area contributed by atoms with Crippen molar-refractivity contribution in [1.29, 1.82) is 0 Å². The van der Waals surface area contributed by atoms with Gasteiger partial charge in [-0.25, -0.2) is 4.68 Å². The first kappa shape index (κ1) is 14.7. The number of nitrogens with one attached hydrogen (secondary N) is 1. The molecule has 0 radical (unpaired) electrons. The Hall–Kier alpha value is -3.22. The van der Waals surface area contributed by atoms with E-state index >= 15 is 0 Å². The van der Waals surface area contributed by atoms with Crippen molar-refractivity contribution in [3.8, 4) is 17.1 Å². The van der Waals surface area contributed by atoms with Gasteiger partial charge in [0.05, 0.1) is 5.56 Å². The Balaban J connectivity index is 1.86. The zero-order chi connectivity index (χ0) is 16.4. The van der Waals surface area contributed by atoms with Crippen LogP contribution in [0.5, 0.6) is 5.75 Å². The molecular weight excluding hydrogens is 294 g/mol. The van der Waals surface area contributed by atoms with E-state index in [4.69, 9.17) is 0 Å². The molecule has 1 amide bonds. The summed E-state index contributed by atoms with van der Waals surface area (Å²) in [5.41, 5.74) is 2.48. The van der Waals surface area contributed by atoms with Gasteiger partial charge in [0, 0.05) is 18.3 Å². The van der Waals surface area contributed by atoms with E-state index in [0.29, 0.717) is 11.5 Å². The zero-order valence-electron chi connectivity index (χ0n) is 12.7. The van der Waals surface area contributed by atoms with E-state index in [2.05, 4.69) is 20.8 Å². The fourth-order valence-electron chi connectivity index (χ4n) is 2.24. The molecule has 23 heavy (non-hydrogen) atoms. The molecule has 1 heterocycles. The number of aromatic nitrogens is 4. The summed E-state index contributed by atoms with van der Waals surface area (Å²) in [6.07, 6.45) is 0. The molecule has 7 nitrogen and oxygen atoms in total. The second kappa shape index (κ2) is 5.88. The SMILES string of the molecule is Cc1ccc(C(=O)Nc2cccc(-c3nnnn3C)c2)c(O)c1. The summed E-state index contributed by atoms with van der Waals surface area (Å²) >= 11 is 0. The highest BCUT2D eigenvalue weighted by Gasteiger charge is 2.12. The van der Waals surface area contributed by atoms with Crippen LogP contribution in [0.4, 0.5) is 5.69 Å². The topological polar surface area (TPSA) is 92.9 Å². The second-order valence-electron chi connectivity index (χ2n) is 5.18. The molecule has 0 aliphatic heterocycles. The highest BCUT2D eigenvalue weighted by atomic mass is 16.3. The number of phenolic OH excluding ortho intramolecular Hbond substituents is 1. The van der Waals surface area contributed by atoms with Crippen LogP contribution in [0, 0.1) is 6.92 Å². The maximum absolute atomic E-state index is 12.3. The molecule has 2 N–H and O–H groups in total. The van der Waals surface area contributed by atoms with Crippen LogP contribution in [0.15, 0.2) is 42.5 Å². The maximum Gasteiger partial charge on any atom is 0.259 e. The van der Waals surface area contributed by atoms with Crippen molar-refractivity contribution < 1.29 is 9.90 Å². The van der Waals surface area contributed by atoms with E-state index in [1.54, 1.807) is 48.1 Å². The van der Waals surface area contributed by atoms with Crippen LogP contribution < -0.4 is 5.32 Å². The predicted octanol–water partition coefficient (Wildman–Crippen LogP) is 2.14. The summed E-state index contributed by atoms with van der Waals surface area (Å²) in [7, 11) is 1.74. The molecule has 7 heteroatoms. The third-order valence-corrected chi connectivity index (χ3v) is 3.40. The zero-order valence-corrected chi connectivity index (χ0v) is 12.7. The van der Waals surface area contributed by atoms with E-state index in [-0.39, 0.29) is 17.2 Å². The Bertz CT molecular complexity index is 872. The van der Waals surface area contributed by atoms with E-state index in [0.717, 1.165) is 11.1 Å². The smallest absolute Gasteiger partial charge is 0.259 e. The van der Waals surface area contributed by atoms with Gasteiger partial charge in [-0.1, -0.05) is 18.2 Å². The average Bonchev–Trinajstić information content (AvgIpc) is 2.93. The Labute approximate surface area is 132 Å². The molecule has 1 aromatic heterocycles. The lowest BCUT2D eigenvalue weighted by Gasteiger charge is -2.08. The molecule has 2 aromatic carbocycles. The molecule has 0 saturated carbocycles. The van der Waals surface area contributed by atoms with Crippen LogP contribution in [0.1, 0.15) is 15.9 Å². The van der Waals surface area contributed by atoms with E-state index in [9.17, 15) is 9.90 Å². The lowest BCUT2D eigenvalue weighted by atomic mass is 10.1. The van der Waals surface area contributed by atoms with Gasteiger partial charge in [0.25, 0.3) is 5.91 Å². The number of nitrogens with zero attached hydrogens (tertiary/aromatic N) is 4. The van der Waals surface area contributed by atoms with Gasteiger partial charge in [-0.2, -0.15) is 0 Å². The maximum atomic E-state index is 12.3. The van der Waals surface area contributed by atoms with E-state index in [1.807, 2.05) is 13.0 Å². The lowest BCUT2D eigenvalue weighted by Crippen LogP contribution is -2.12. The lowest BCUT2D eigenvalue weighted by molar-refractivity contribution is 0.102. The van der Waals surface area contributed by atoms with Crippen molar-refractivity contribution in [3.63, 3.8) is 0 Å². The highest BCUT2D eigenvalue weighted by Crippen LogP contribution is 2.22. The van der Waals surface area contributed by atoms with Crippen LogP contribution in [-0.2, 0) is 7.05 Å². The normalized spacial score (nSPS) is 10.5. The minimum atomic E-state index is -0.379. The molecule has 3 aromatic rings. The van der Waals surface area contributed by atoms with Crippen LogP contribution in [0.2, 0.25) is 0 Å². The molecule has 0 spiro atoms. The Morgan fingerprint density at radius 1 is 1.22 bits per heavy atom. The highest BCUT2D eigenvalue weighted by molar-refractivity contribution is 6.06. The molecule has 0 bridgehead atoms. The number of anilines is 1. The van der Waals surface area contributed by atoms with Crippen LogP contribution in [-0.4, -0.2) is 31.2 Å². The number of benzene rings is 2. The number of carbonyl (C=O) groups excluding carboxylic acids is 1. The monoisotopic (exact) mass is 309 g/mol. The minimum absolute atomic E-state index is 0.0452. The molecule has 0 saturated heterocycles. The first-order valence-electron chi connectivity index (χ1n) is 6.98. The van der Waals surface area contributed by atoms with E-state index < -0.39 is 0 Å². The molecule has 116 valence electrons. The van der Waals surface area contributed by atoms with Crippen LogP contribution in [0.25, 0.3) is 11.4 Å². The summed E-state index contributed by atoms with van der Waals surface area (Å²) < 4.78 is 1.55. The summed E-state index contributed by atoms with van der Waals surface area (Å²) in [5.74, 6) is 0.172. The molecular formula is C16H15N5O2. The van der Waals surface area contributed by atoms with Crippen molar-refractivity contribution in [2.75, 3.05) is 5.32 Å². The Kier molecular flexibility index (Phi) is 3.76. The molecule has 0 aliphatic carbocycles. The van der Waals surface area contributed by atoms with E-state index in [1.165, 1.54) is 0 Å². The van der Waals surface area contributed by atoms with Gasteiger partial charge in [0.1, 0.15) is 5.75 Å². The van der Waals surface area contributed by atoms with Gasteiger partial charge in [-0.3, -0.25) is 4.79 Å². The van der Waals surface area contributed by atoms with Gasteiger partial charge in [0.15, 0.2) is 5.82 Å². The van der Waals surface area contributed by atoms with Crippen LogP contribution in [0.3, 0.4) is 0 Å². The quantitative estimate of drug-likeness (QED) is 0.773. The average molecular weight is 309 g/mol. The largest absolute Gasteiger partial charge is 0.507 e. The summed E-state index contributed by atoms with van der Waals surface area (Å²) in [5, 5.41) is 24.0. The first-order valence-corrected chi connectivity index (χ1v) is 6.98. The van der Waals surface area contributed by atoms with Crippen molar-refractivity contribution in [2.24, 2.45) is 7.05 Å². The number of carbonyl (C=O) groups is 1. The van der Waals surface area contributed by atoms with Gasteiger partial charge in [0.2, 0.25) is 0 Å². The third-order valence-electron chi connectivity index (χ3n) is 3.40. The molecule has 0 fully saturated rings. The summed E-state index contributed by atoms with van der Waals surface area (Å²) in [6.45, 7) is 1.85.